The Balaban J connectivity index is 1.46. The van der Waals surface area contributed by atoms with E-state index in [1.807, 2.05) is 0 Å². The fourth-order valence-corrected chi connectivity index (χ4v) is 4.55. The maximum absolute atomic E-state index is 12.7. The maximum Gasteiger partial charge on any atom is 0.328 e. The number of carbonyl (C=O) groups is 4. The van der Waals surface area contributed by atoms with Crippen molar-refractivity contribution in [1.29, 1.82) is 0 Å². The molecule has 0 aliphatic carbocycles. The normalized spacial score (nSPS) is 11.8. The highest BCUT2D eigenvalue weighted by atomic mass is 16.5. The van der Waals surface area contributed by atoms with Crippen LogP contribution in [0, 0.1) is 0 Å². The molecule has 232 valence electrons. The van der Waals surface area contributed by atoms with Crippen LogP contribution in [0.25, 0.3) is 0 Å². The molecule has 10 heteroatoms. The van der Waals surface area contributed by atoms with Gasteiger partial charge in [-0.3, -0.25) is 9.59 Å². The van der Waals surface area contributed by atoms with E-state index in [4.69, 9.17) is 18.9 Å². The lowest BCUT2D eigenvalue weighted by Crippen LogP contribution is -2.43. The number of benzene rings is 4. The van der Waals surface area contributed by atoms with E-state index in [1.165, 1.54) is 21.3 Å². The third-order valence-electron chi connectivity index (χ3n) is 6.91. The minimum atomic E-state index is -0.937. The molecule has 4 aromatic carbocycles. The van der Waals surface area contributed by atoms with Gasteiger partial charge in [0.15, 0.2) is 11.5 Å². The molecule has 2 amide bonds. The Bertz CT molecular complexity index is 1610. The standard InChI is InChI=1S/C35H34N2O8/c1-42-30-19-16-24(21-29(35(41)44-3)37-33(39)26-12-8-5-9-13-26)22-31(30)45-27-17-14-23(15-18-27)20-28(34(40)43-2)36-32(38)25-10-6-4-7-11-25/h4-19,22,28-29H,20-21H2,1-3H3,(H,36,38)(H,37,39). The molecular formula is C35H34N2O8. The first kappa shape index (κ1) is 32.3. The molecule has 0 heterocycles. The van der Waals surface area contributed by atoms with Crippen LogP contribution < -0.4 is 20.1 Å². The van der Waals surface area contributed by atoms with E-state index in [0.29, 0.717) is 33.9 Å². The Labute approximate surface area is 261 Å². The van der Waals surface area contributed by atoms with Crippen molar-refractivity contribution in [2.75, 3.05) is 21.3 Å². The summed E-state index contributed by atoms with van der Waals surface area (Å²) in [5, 5.41) is 5.48. The second-order valence-corrected chi connectivity index (χ2v) is 9.97. The molecule has 2 N–H and O–H groups in total. The molecule has 4 aromatic rings. The van der Waals surface area contributed by atoms with Crippen LogP contribution >= 0.6 is 0 Å². The van der Waals surface area contributed by atoms with E-state index in [0.717, 1.165) is 5.56 Å². The summed E-state index contributed by atoms with van der Waals surface area (Å²) in [6.07, 6.45) is 0.349. The Hall–Kier alpha value is -5.64. The van der Waals surface area contributed by atoms with Gasteiger partial charge in [-0.05, 0) is 59.7 Å². The molecule has 0 spiro atoms. The first-order valence-electron chi connectivity index (χ1n) is 14.1. The zero-order valence-electron chi connectivity index (χ0n) is 25.1. The molecule has 0 aromatic heterocycles. The average Bonchev–Trinajstić information content (AvgIpc) is 3.08. The number of carbonyl (C=O) groups excluding carboxylic acids is 4. The van der Waals surface area contributed by atoms with Gasteiger partial charge in [0.25, 0.3) is 11.8 Å². The number of rotatable bonds is 13. The Morgan fingerprint density at radius 3 is 1.51 bits per heavy atom. The number of hydrogen-bond donors (Lipinski definition) is 2. The monoisotopic (exact) mass is 610 g/mol. The predicted octanol–water partition coefficient (Wildman–Crippen LogP) is 4.52. The molecule has 0 bridgehead atoms. The zero-order valence-corrected chi connectivity index (χ0v) is 25.1. The van der Waals surface area contributed by atoms with Crippen molar-refractivity contribution in [3.05, 3.63) is 125 Å². The third kappa shape index (κ3) is 8.93. The fraction of sp³-hybridized carbons (Fsp3) is 0.200. The summed E-state index contributed by atoms with van der Waals surface area (Å²) >= 11 is 0. The largest absolute Gasteiger partial charge is 0.493 e. The maximum atomic E-state index is 12.7. The summed E-state index contributed by atoms with van der Waals surface area (Å²) in [5.74, 6) is -0.593. The van der Waals surface area contributed by atoms with E-state index in [-0.39, 0.29) is 18.7 Å². The molecule has 2 atom stereocenters. The number of esters is 2. The Morgan fingerprint density at radius 1 is 0.578 bits per heavy atom. The summed E-state index contributed by atoms with van der Waals surface area (Å²) in [6, 6.07) is 27.6. The van der Waals surface area contributed by atoms with Crippen molar-refractivity contribution < 1.29 is 38.1 Å². The Morgan fingerprint density at radius 2 is 1.04 bits per heavy atom. The first-order valence-corrected chi connectivity index (χ1v) is 14.1. The summed E-state index contributed by atoms with van der Waals surface area (Å²) in [5.41, 5.74) is 2.32. The zero-order chi connectivity index (χ0) is 32.2. The highest BCUT2D eigenvalue weighted by molar-refractivity contribution is 5.97. The van der Waals surface area contributed by atoms with Crippen molar-refractivity contribution >= 4 is 23.8 Å². The van der Waals surface area contributed by atoms with Crippen molar-refractivity contribution in [3.8, 4) is 17.2 Å². The van der Waals surface area contributed by atoms with E-state index in [1.54, 1.807) is 103 Å². The van der Waals surface area contributed by atoms with Crippen molar-refractivity contribution in [3.63, 3.8) is 0 Å². The van der Waals surface area contributed by atoms with Crippen molar-refractivity contribution in [2.24, 2.45) is 0 Å². The molecule has 0 aliphatic heterocycles. The van der Waals surface area contributed by atoms with E-state index in [9.17, 15) is 19.2 Å². The first-order chi connectivity index (χ1) is 21.8. The second kappa shape index (κ2) is 15.7. The van der Waals surface area contributed by atoms with Gasteiger partial charge in [0.1, 0.15) is 17.8 Å². The van der Waals surface area contributed by atoms with Gasteiger partial charge in [-0.2, -0.15) is 0 Å². The lowest BCUT2D eigenvalue weighted by atomic mass is 10.0. The predicted molar refractivity (Wildman–Crippen MR) is 166 cm³/mol. The van der Waals surface area contributed by atoms with Gasteiger partial charge in [0.2, 0.25) is 0 Å². The molecule has 45 heavy (non-hydrogen) atoms. The van der Waals surface area contributed by atoms with Gasteiger partial charge in [-0.25, -0.2) is 9.59 Å². The molecule has 0 saturated carbocycles. The SMILES string of the molecule is COC(=O)C(Cc1ccc(Oc2cc(CC(NC(=O)c3ccccc3)C(=O)OC)ccc2OC)cc1)NC(=O)c1ccccc1. The van der Waals surface area contributed by atoms with Crippen LogP contribution in [0.2, 0.25) is 0 Å². The minimum absolute atomic E-state index is 0.147. The molecule has 4 rings (SSSR count). The van der Waals surface area contributed by atoms with E-state index in [2.05, 4.69) is 10.6 Å². The number of amides is 2. The van der Waals surface area contributed by atoms with E-state index < -0.39 is 29.9 Å². The molecule has 0 aliphatic rings. The second-order valence-electron chi connectivity index (χ2n) is 9.97. The summed E-state index contributed by atoms with van der Waals surface area (Å²) in [7, 11) is 4.05. The van der Waals surface area contributed by atoms with Gasteiger partial charge in [0.05, 0.1) is 21.3 Å². The highest BCUT2D eigenvalue weighted by Crippen LogP contribution is 2.33. The third-order valence-corrected chi connectivity index (χ3v) is 6.91. The molecule has 0 saturated heterocycles. The molecule has 0 fully saturated rings. The van der Waals surface area contributed by atoms with Crippen LogP contribution in [-0.4, -0.2) is 57.2 Å². The number of methoxy groups -OCH3 is 3. The van der Waals surface area contributed by atoms with Crippen LogP contribution in [0.1, 0.15) is 31.8 Å². The van der Waals surface area contributed by atoms with Crippen LogP contribution in [0.5, 0.6) is 17.2 Å². The molecule has 0 radical (unpaired) electrons. The molecule has 10 nitrogen and oxygen atoms in total. The Kier molecular flexibility index (Phi) is 11.3. The van der Waals surface area contributed by atoms with Crippen molar-refractivity contribution in [1.82, 2.24) is 10.6 Å². The quantitative estimate of drug-likeness (QED) is 0.212. The van der Waals surface area contributed by atoms with Gasteiger partial charge >= 0.3 is 11.9 Å². The number of ether oxygens (including phenoxy) is 4. The summed E-state index contributed by atoms with van der Waals surface area (Å²) < 4.78 is 21.4. The minimum Gasteiger partial charge on any atom is -0.493 e. The summed E-state index contributed by atoms with van der Waals surface area (Å²) in [4.78, 5) is 50.4. The van der Waals surface area contributed by atoms with E-state index >= 15 is 0 Å². The fourth-order valence-electron chi connectivity index (χ4n) is 4.55. The lowest BCUT2D eigenvalue weighted by molar-refractivity contribution is -0.143. The number of hydrogen-bond acceptors (Lipinski definition) is 8. The van der Waals surface area contributed by atoms with Gasteiger partial charge in [-0.15, -0.1) is 0 Å². The van der Waals surface area contributed by atoms with Crippen LogP contribution in [0.15, 0.2) is 103 Å². The average molecular weight is 611 g/mol. The van der Waals surface area contributed by atoms with Crippen LogP contribution in [0.3, 0.4) is 0 Å². The van der Waals surface area contributed by atoms with Gasteiger partial charge in [0, 0.05) is 24.0 Å². The molecular weight excluding hydrogens is 576 g/mol. The van der Waals surface area contributed by atoms with Crippen molar-refractivity contribution in [2.45, 2.75) is 24.9 Å². The topological polar surface area (TPSA) is 129 Å². The number of nitrogens with one attached hydrogen (secondary N) is 2. The molecule has 2 unspecified atom stereocenters. The van der Waals surface area contributed by atoms with Gasteiger partial charge in [-0.1, -0.05) is 54.6 Å². The van der Waals surface area contributed by atoms with Gasteiger partial charge < -0.3 is 29.6 Å². The van der Waals surface area contributed by atoms with Crippen LogP contribution in [-0.2, 0) is 31.9 Å². The highest BCUT2D eigenvalue weighted by Gasteiger charge is 2.24. The smallest absolute Gasteiger partial charge is 0.328 e. The summed E-state index contributed by atoms with van der Waals surface area (Å²) in [6.45, 7) is 0. The lowest BCUT2D eigenvalue weighted by Gasteiger charge is -2.18. The van der Waals surface area contributed by atoms with Crippen LogP contribution in [0.4, 0.5) is 0 Å².